The molecular formula is C22H25N5O. The van der Waals surface area contributed by atoms with Crippen LogP contribution in [-0.2, 0) is 11.3 Å². The fourth-order valence-corrected chi connectivity index (χ4v) is 3.34. The quantitative estimate of drug-likeness (QED) is 0.709. The second-order valence-electron chi connectivity index (χ2n) is 6.82. The van der Waals surface area contributed by atoms with E-state index in [1.165, 1.54) is 5.56 Å². The van der Waals surface area contributed by atoms with Crippen molar-refractivity contribution in [3.63, 3.8) is 0 Å². The van der Waals surface area contributed by atoms with E-state index in [1.807, 2.05) is 25.2 Å². The van der Waals surface area contributed by atoms with Crippen molar-refractivity contribution in [1.82, 2.24) is 9.97 Å². The Morgan fingerprint density at radius 2 is 1.75 bits per heavy atom. The SMILES string of the molecule is CN(Cc1ccccc1)c1ccnc(Nc2ccccc2N2CCOCC2)n1. The van der Waals surface area contributed by atoms with E-state index >= 15 is 0 Å². The van der Waals surface area contributed by atoms with Crippen molar-refractivity contribution in [2.45, 2.75) is 6.54 Å². The lowest BCUT2D eigenvalue weighted by Gasteiger charge is -2.30. The number of rotatable bonds is 6. The van der Waals surface area contributed by atoms with Crippen LogP contribution in [-0.4, -0.2) is 43.3 Å². The van der Waals surface area contributed by atoms with Gasteiger partial charge in [-0.3, -0.25) is 0 Å². The fraction of sp³-hybridized carbons (Fsp3) is 0.273. The first-order chi connectivity index (χ1) is 13.8. The van der Waals surface area contributed by atoms with Gasteiger partial charge in [0.05, 0.1) is 24.6 Å². The summed E-state index contributed by atoms with van der Waals surface area (Å²) in [6.07, 6.45) is 1.80. The van der Waals surface area contributed by atoms with Crippen molar-refractivity contribution >= 4 is 23.1 Å². The Hall–Kier alpha value is -3.12. The van der Waals surface area contributed by atoms with E-state index in [-0.39, 0.29) is 0 Å². The van der Waals surface area contributed by atoms with Gasteiger partial charge in [0.15, 0.2) is 0 Å². The third-order valence-corrected chi connectivity index (χ3v) is 4.80. The van der Waals surface area contributed by atoms with Crippen molar-refractivity contribution in [2.24, 2.45) is 0 Å². The predicted octanol–water partition coefficient (Wildman–Crippen LogP) is 3.69. The average molecular weight is 375 g/mol. The molecule has 6 heteroatoms. The Kier molecular flexibility index (Phi) is 5.68. The van der Waals surface area contributed by atoms with Crippen LogP contribution in [0.1, 0.15) is 5.56 Å². The summed E-state index contributed by atoms with van der Waals surface area (Å²) in [5.41, 5.74) is 3.40. The molecule has 1 saturated heterocycles. The topological polar surface area (TPSA) is 53.5 Å². The molecule has 1 aliphatic rings. The van der Waals surface area contributed by atoms with Crippen LogP contribution < -0.4 is 15.1 Å². The van der Waals surface area contributed by atoms with Gasteiger partial charge in [0.1, 0.15) is 5.82 Å². The van der Waals surface area contributed by atoms with Crippen LogP contribution in [0.3, 0.4) is 0 Å². The van der Waals surface area contributed by atoms with E-state index in [4.69, 9.17) is 9.72 Å². The Morgan fingerprint density at radius 1 is 1.00 bits per heavy atom. The number of nitrogens with zero attached hydrogens (tertiary/aromatic N) is 4. The van der Waals surface area contributed by atoms with Crippen molar-refractivity contribution < 1.29 is 4.74 Å². The van der Waals surface area contributed by atoms with Gasteiger partial charge < -0.3 is 19.9 Å². The van der Waals surface area contributed by atoms with Crippen LogP contribution in [0.25, 0.3) is 0 Å². The predicted molar refractivity (Wildman–Crippen MR) is 113 cm³/mol. The van der Waals surface area contributed by atoms with E-state index in [1.54, 1.807) is 6.20 Å². The van der Waals surface area contributed by atoms with Crippen LogP contribution in [0.4, 0.5) is 23.1 Å². The zero-order valence-electron chi connectivity index (χ0n) is 16.1. The molecule has 0 atom stereocenters. The van der Waals surface area contributed by atoms with Crippen molar-refractivity contribution in [3.05, 3.63) is 72.4 Å². The first kappa shape index (κ1) is 18.3. The lowest BCUT2D eigenvalue weighted by atomic mass is 10.2. The Balaban J connectivity index is 1.51. The number of benzene rings is 2. The Labute approximate surface area is 165 Å². The van der Waals surface area contributed by atoms with Crippen LogP contribution >= 0.6 is 0 Å². The Bertz CT molecular complexity index is 896. The smallest absolute Gasteiger partial charge is 0.229 e. The molecule has 1 N–H and O–H groups in total. The van der Waals surface area contributed by atoms with Gasteiger partial charge in [-0.25, -0.2) is 4.98 Å². The molecule has 2 heterocycles. The second-order valence-corrected chi connectivity index (χ2v) is 6.82. The molecule has 1 aromatic heterocycles. The number of para-hydroxylation sites is 2. The van der Waals surface area contributed by atoms with E-state index in [0.717, 1.165) is 50.0 Å². The molecule has 2 aromatic carbocycles. The van der Waals surface area contributed by atoms with Gasteiger partial charge in [-0.2, -0.15) is 4.98 Å². The summed E-state index contributed by atoms with van der Waals surface area (Å²) < 4.78 is 5.48. The molecule has 0 bridgehead atoms. The zero-order chi connectivity index (χ0) is 19.2. The monoisotopic (exact) mass is 375 g/mol. The molecule has 144 valence electrons. The molecular weight excluding hydrogens is 350 g/mol. The highest BCUT2D eigenvalue weighted by Crippen LogP contribution is 2.28. The highest BCUT2D eigenvalue weighted by Gasteiger charge is 2.15. The number of hydrogen-bond acceptors (Lipinski definition) is 6. The number of hydrogen-bond donors (Lipinski definition) is 1. The highest BCUT2D eigenvalue weighted by molar-refractivity contribution is 5.73. The molecule has 1 aliphatic heterocycles. The maximum absolute atomic E-state index is 5.48. The zero-order valence-corrected chi connectivity index (χ0v) is 16.1. The molecule has 6 nitrogen and oxygen atoms in total. The van der Waals surface area contributed by atoms with Gasteiger partial charge in [0.2, 0.25) is 5.95 Å². The third kappa shape index (κ3) is 4.40. The second kappa shape index (κ2) is 8.71. The molecule has 0 radical (unpaired) electrons. The number of anilines is 4. The van der Waals surface area contributed by atoms with E-state index in [2.05, 4.69) is 62.6 Å². The van der Waals surface area contributed by atoms with Crippen molar-refractivity contribution in [3.8, 4) is 0 Å². The number of aromatic nitrogens is 2. The number of ether oxygens (including phenoxy) is 1. The van der Waals surface area contributed by atoms with Gasteiger partial charge in [-0.15, -0.1) is 0 Å². The van der Waals surface area contributed by atoms with Gasteiger partial charge >= 0.3 is 0 Å². The largest absolute Gasteiger partial charge is 0.378 e. The summed E-state index contributed by atoms with van der Waals surface area (Å²) in [4.78, 5) is 13.6. The third-order valence-electron chi connectivity index (χ3n) is 4.80. The van der Waals surface area contributed by atoms with Crippen LogP contribution in [0.5, 0.6) is 0 Å². The first-order valence-electron chi connectivity index (χ1n) is 9.56. The van der Waals surface area contributed by atoms with Crippen LogP contribution in [0.15, 0.2) is 66.9 Å². The molecule has 3 aromatic rings. The molecule has 28 heavy (non-hydrogen) atoms. The summed E-state index contributed by atoms with van der Waals surface area (Å²) in [5, 5.41) is 3.40. The normalized spacial score (nSPS) is 14.0. The highest BCUT2D eigenvalue weighted by atomic mass is 16.5. The minimum atomic E-state index is 0.595. The van der Waals surface area contributed by atoms with Gasteiger partial charge in [-0.1, -0.05) is 42.5 Å². The minimum absolute atomic E-state index is 0.595. The van der Waals surface area contributed by atoms with Crippen LogP contribution in [0, 0.1) is 0 Å². The van der Waals surface area contributed by atoms with Gasteiger partial charge in [0, 0.05) is 32.9 Å². The maximum Gasteiger partial charge on any atom is 0.229 e. The minimum Gasteiger partial charge on any atom is -0.378 e. The van der Waals surface area contributed by atoms with E-state index in [9.17, 15) is 0 Å². The standard InChI is InChI=1S/C22H25N5O/c1-26(17-18-7-3-2-4-8-18)21-11-12-23-22(25-21)24-19-9-5-6-10-20(19)27-13-15-28-16-14-27/h2-12H,13-17H2,1H3,(H,23,24,25). The molecule has 1 fully saturated rings. The fourth-order valence-electron chi connectivity index (χ4n) is 3.34. The summed E-state index contributed by atoms with van der Waals surface area (Å²) in [6.45, 7) is 4.08. The Morgan fingerprint density at radius 3 is 2.57 bits per heavy atom. The van der Waals surface area contributed by atoms with Gasteiger partial charge in [0.25, 0.3) is 0 Å². The molecule has 0 amide bonds. The number of morpholine rings is 1. The first-order valence-corrected chi connectivity index (χ1v) is 9.56. The molecule has 0 spiro atoms. The summed E-state index contributed by atoms with van der Waals surface area (Å²) in [7, 11) is 2.04. The van der Waals surface area contributed by atoms with E-state index in [0.29, 0.717) is 5.95 Å². The number of nitrogens with one attached hydrogen (secondary N) is 1. The summed E-state index contributed by atoms with van der Waals surface area (Å²) in [6, 6.07) is 20.6. The van der Waals surface area contributed by atoms with Gasteiger partial charge in [-0.05, 0) is 23.8 Å². The molecule has 0 saturated carbocycles. The molecule has 4 rings (SSSR count). The van der Waals surface area contributed by atoms with E-state index < -0.39 is 0 Å². The maximum atomic E-state index is 5.48. The summed E-state index contributed by atoms with van der Waals surface area (Å²) >= 11 is 0. The lowest BCUT2D eigenvalue weighted by Crippen LogP contribution is -2.36. The summed E-state index contributed by atoms with van der Waals surface area (Å²) in [5.74, 6) is 1.48. The average Bonchev–Trinajstić information content (AvgIpc) is 2.76. The van der Waals surface area contributed by atoms with Crippen LogP contribution in [0.2, 0.25) is 0 Å². The van der Waals surface area contributed by atoms with Crippen molar-refractivity contribution in [2.75, 3.05) is 48.5 Å². The lowest BCUT2D eigenvalue weighted by molar-refractivity contribution is 0.123. The molecule has 0 unspecified atom stereocenters. The van der Waals surface area contributed by atoms with Crippen molar-refractivity contribution in [1.29, 1.82) is 0 Å². The molecule has 0 aliphatic carbocycles.